The van der Waals surface area contributed by atoms with E-state index in [1.54, 1.807) is 24.3 Å². The Morgan fingerprint density at radius 2 is 1.64 bits per heavy atom. The van der Waals surface area contributed by atoms with Crippen LogP contribution in [0.5, 0.6) is 0 Å². The SMILES string of the molecule is Cc1nnc(CCCN2C(=O)c3ccccc3C2=O)n1C1CC2CCC1N2CC[C@H](NC(=O)OC(C)(C)C)c1ccccc1. The molecule has 3 aliphatic heterocycles. The number of nitrogens with one attached hydrogen (secondary N) is 1. The van der Waals surface area contributed by atoms with Crippen LogP contribution in [-0.2, 0) is 11.2 Å². The van der Waals surface area contributed by atoms with Gasteiger partial charge in [-0.3, -0.25) is 19.4 Å². The van der Waals surface area contributed by atoms with Gasteiger partial charge in [-0.2, -0.15) is 0 Å². The van der Waals surface area contributed by atoms with Crippen LogP contribution in [0.15, 0.2) is 54.6 Å². The van der Waals surface area contributed by atoms with Gasteiger partial charge in [0.25, 0.3) is 11.8 Å². The Kier molecular flexibility index (Phi) is 8.28. The number of alkyl carbamates (subject to hydrolysis) is 1. The molecule has 44 heavy (non-hydrogen) atoms. The average Bonchev–Trinajstić information content (AvgIpc) is 3.72. The van der Waals surface area contributed by atoms with Gasteiger partial charge in [0, 0.05) is 31.6 Å². The zero-order valence-electron chi connectivity index (χ0n) is 26.0. The summed E-state index contributed by atoms with van der Waals surface area (Å²) >= 11 is 0. The number of carbonyl (C=O) groups is 3. The normalized spacial score (nSPS) is 22.0. The highest BCUT2D eigenvalue weighted by atomic mass is 16.6. The van der Waals surface area contributed by atoms with E-state index in [9.17, 15) is 14.4 Å². The molecule has 2 fully saturated rings. The lowest BCUT2D eigenvalue weighted by atomic mass is 9.95. The minimum absolute atomic E-state index is 0.154. The van der Waals surface area contributed by atoms with E-state index >= 15 is 0 Å². The van der Waals surface area contributed by atoms with E-state index in [2.05, 4.69) is 37.1 Å². The number of ether oxygens (including phenoxy) is 1. The largest absolute Gasteiger partial charge is 0.444 e. The molecule has 4 atom stereocenters. The second-order valence-electron chi connectivity index (χ2n) is 13.2. The van der Waals surface area contributed by atoms with E-state index in [0.29, 0.717) is 42.6 Å². The molecule has 1 aromatic heterocycles. The van der Waals surface area contributed by atoms with Gasteiger partial charge in [0.1, 0.15) is 17.2 Å². The maximum Gasteiger partial charge on any atom is 0.408 e. The van der Waals surface area contributed by atoms with Crippen LogP contribution >= 0.6 is 0 Å². The number of hydrogen-bond donors (Lipinski definition) is 1. The lowest BCUT2D eigenvalue weighted by Gasteiger charge is -2.29. The molecule has 3 aromatic rings. The molecule has 232 valence electrons. The van der Waals surface area contributed by atoms with Gasteiger partial charge in [-0.1, -0.05) is 42.5 Å². The van der Waals surface area contributed by atoms with Gasteiger partial charge in [-0.25, -0.2) is 4.79 Å². The van der Waals surface area contributed by atoms with Crippen LogP contribution in [0.1, 0.15) is 103 Å². The third kappa shape index (κ3) is 6.00. The second kappa shape index (κ2) is 12.1. The summed E-state index contributed by atoms with van der Waals surface area (Å²) in [6, 6.07) is 18.0. The summed E-state index contributed by atoms with van der Waals surface area (Å²) in [6.45, 7) is 8.84. The van der Waals surface area contributed by atoms with Crippen molar-refractivity contribution in [2.75, 3.05) is 13.1 Å². The minimum atomic E-state index is -0.564. The fourth-order valence-corrected chi connectivity index (χ4v) is 7.28. The molecular weight excluding hydrogens is 556 g/mol. The van der Waals surface area contributed by atoms with Crippen LogP contribution in [0.3, 0.4) is 0 Å². The highest BCUT2D eigenvalue weighted by Gasteiger charge is 2.47. The average molecular weight is 599 g/mol. The zero-order valence-corrected chi connectivity index (χ0v) is 26.0. The number of nitrogens with zero attached hydrogens (tertiary/aromatic N) is 5. The number of rotatable bonds is 10. The van der Waals surface area contributed by atoms with Crippen LogP contribution in [0.4, 0.5) is 4.79 Å². The van der Waals surface area contributed by atoms with Crippen molar-refractivity contribution in [1.29, 1.82) is 0 Å². The number of benzene rings is 2. The van der Waals surface area contributed by atoms with Gasteiger partial charge < -0.3 is 14.6 Å². The molecule has 6 rings (SSSR count). The van der Waals surface area contributed by atoms with E-state index in [1.807, 2.05) is 45.9 Å². The topological polar surface area (TPSA) is 110 Å². The Hall–Kier alpha value is -4.05. The van der Waals surface area contributed by atoms with Crippen LogP contribution in [0, 0.1) is 6.92 Å². The van der Waals surface area contributed by atoms with Crippen LogP contribution in [0.25, 0.3) is 0 Å². The fraction of sp³-hybridized carbons (Fsp3) is 0.500. The van der Waals surface area contributed by atoms with Crippen LogP contribution in [-0.4, -0.2) is 73.2 Å². The van der Waals surface area contributed by atoms with Crippen molar-refractivity contribution in [1.82, 2.24) is 29.9 Å². The summed E-state index contributed by atoms with van der Waals surface area (Å²) in [7, 11) is 0. The lowest BCUT2D eigenvalue weighted by Crippen LogP contribution is -2.38. The van der Waals surface area contributed by atoms with E-state index in [1.165, 1.54) is 4.90 Å². The van der Waals surface area contributed by atoms with Crippen molar-refractivity contribution in [2.45, 2.75) is 96.0 Å². The molecular formula is C34H42N6O4. The molecule has 0 radical (unpaired) electrons. The van der Waals surface area contributed by atoms with Crippen molar-refractivity contribution >= 4 is 17.9 Å². The third-order valence-corrected chi connectivity index (χ3v) is 9.15. The summed E-state index contributed by atoms with van der Waals surface area (Å²) in [6.07, 6.45) is 4.94. The fourth-order valence-electron chi connectivity index (χ4n) is 7.28. The zero-order chi connectivity index (χ0) is 31.0. The number of aromatic nitrogens is 3. The number of aryl methyl sites for hydroxylation is 2. The quantitative estimate of drug-likeness (QED) is 0.318. The first-order chi connectivity index (χ1) is 21.1. The standard InChI is InChI=1S/C34H42N6O4/c1-22-36-37-30(15-10-19-39-31(41)25-13-8-9-14-26(25)32(39)42)40(22)29-21-24-16-17-28(29)38(24)20-18-27(23-11-6-5-7-12-23)35-33(43)44-34(2,3)4/h5-9,11-14,24,27-29H,10,15-21H2,1-4H3,(H,35,43)/t24?,27-,28?,29?/m0/s1. The van der Waals surface area contributed by atoms with Crippen molar-refractivity contribution in [3.05, 3.63) is 82.9 Å². The molecule has 0 aliphatic carbocycles. The van der Waals surface area contributed by atoms with Crippen molar-refractivity contribution in [3.8, 4) is 0 Å². The van der Waals surface area contributed by atoms with Crippen molar-refractivity contribution in [3.63, 3.8) is 0 Å². The van der Waals surface area contributed by atoms with Gasteiger partial charge in [-0.15, -0.1) is 10.2 Å². The monoisotopic (exact) mass is 598 g/mol. The predicted molar refractivity (Wildman–Crippen MR) is 165 cm³/mol. The van der Waals surface area contributed by atoms with Gasteiger partial charge in [0.05, 0.1) is 23.2 Å². The molecule has 2 aromatic carbocycles. The van der Waals surface area contributed by atoms with Gasteiger partial charge in [-0.05, 0) is 77.5 Å². The van der Waals surface area contributed by atoms with Gasteiger partial charge in [0.15, 0.2) is 0 Å². The lowest BCUT2D eigenvalue weighted by molar-refractivity contribution is 0.0495. The molecule has 3 amide bonds. The third-order valence-electron chi connectivity index (χ3n) is 9.15. The molecule has 10 heteroatoms. The summed E-state index contributed by atoms with van der Waals surface area (Å²) in [5.41, 5.74) is 1.46. The summed E-state index contributed by atoms with van der Waals surface area (Å²) in [5.74, 6) is 1.36. The first-order valence-corrected chi connectivity index (χ1v) is 15.8. The van der Waals surface area contributed by atoms with Crippen LogP contribution in [0.2, 0.25) is 0 Å². The van der Waals surface area contributed by atoms with Gasteiger partial charge in [0.2, 0.25) is 0 Å². The predicted octanol–water partition coefficient (Wildman–Crippen LogP) is 5.25. The minimum Gasteiger partial charge on any atom is -0.444 e. The first-order valence-electron chi connectivity index (χ1n) is 15.8. The number of hydrogen-bond acceptors (Lipinski definition) is 7. The molecule has 0 saturated carbocycles. The van der Waals surface area contributed by atoms with Crippen molar-refractivity contribution in [2.24, 2.45) is 0 Å². The Morgan fingerprint density at radius 1 is 0.955 bits per heavy atom. The Balaban J connectivity index is 1.10. The number of amides is 3. The highest BCUT2D eigenvalue weighted by Crippen LogP contribution is 2.45. The van der Waals surface area contributed by atoms with E-state index in [-0.39, 0.29) is 23.9 Å². The number of carbonyl (C=O) groups excluding carboxylic acids is 3. The summed E-state index contributed by atoms with van der Waals surface area (Å²) in [5, 5.41) is 12.1. The maximum atomic E-state index is 12.8. The van der Waals surface area contributed by atoms with Crippen molar-refractivity contribution < 1.29 is 19.1 Å². The molecule has 2 bridgehead atoms. The smallest absolute Gasteiger partial charge is 0.408 e. The Bertz CT molecular complexity index is 1490. The summed E-state index contributed by atoms with van der Waals surface area (Å²) in [4.78, 5) is 42.3. The molecule has 0 spiro atoms. The Labute approximate surface area is 258 Å². The van der Waals surface area contributed by atoms with E-state index < -0.39 is 11.7 Å². The van der Waals surface area contributed by atoms with E-state index in [0.717, 1.165) is 49.4 Å². The molecule has 3 aliphatic rings. The summed E-state index contributed by atoms with van der Waals surface area (Å²) < 4.78 is 7.88. The van der Waals surface area contributed by atoms with Crippen LogP contribution < -0.4 is 5.32 Å². The Morgan fingerprint density at radius 3 is 2.32 bits per heavy atom. The highest BCUT2D eigenvalue weighted by molar-refractivity contribution is 6.21. The second-order valence-corrected chi connectivity index (χ2v) is 13.2. The molecule has 4 heterocycles. The van der Waals surface area contributed by atoms with E-state index in [4.69, 9.17) is 4.74 Å². The molecule has 10 nitrogen and oxygen atoms in total. The first kappa shape index (κ1) is 30.0. The molecule has 1 N–H and O–H groups in total. The molecule has 2 saturated heterocycles. The molecule has 3 unspecified atom stereocenters. The van der Waals surface area contributed by atoms with Gasteiger partial charge >= 0.3 is 6.09 Å². The number of imide groups is 1. The maximum absolute atomic E-state index is 12.8. The number of fused-ring (bicyclic) bond motifs is 3.